The number of nitrogens with zero attached hydrogens (tertiary/aromatic N) is 1. The van der Waals surface area contributed by atoms with Crippen molar-refractivity contribution in [3.05, 3.63) is 65.5 Å². The van der Waals surface area contributed by atoms with E-state index in [9.17, 15) is 14.7 Å². The molecule has 2 rings (SSSR count). The predicted molar refractivity (Wildman–Crippen MR) is 102 cm³/mol. The Bertz CT molecular complexity index is 956. The summed E-state index contributed by atoms with van der Waals surface area (Å²) < 4.78 is 0. The fraction of sp³-hybridized carbons (Fsp3) is 0.190. The third-order valence-corrected chi connectivity index (χ3v) is 3.63. The smallest absolute Gasteiger partial charge is 0.268 e. The maximum atomic E-state index is 12.3. The molecule has 1 atom stereocenters. The zero-order chi connectivity index (χ0) is 20.6. The van der Waals surface area contributed by atoms with E-state index < -0.39 is 23.5 Å². The number of hydroxylamine groups is 1. The molecule has 28 heavy (non-hydrogen) atoms. The molecule has 0 aliphatic carbocycles. The lowest BCUT2D eigenvalue weighted by atomic mass is 9.97. The second-order valence-electron chi connectivity index (χ2n) is 6.33. The molecule has 0 saturated heterocycles. The Balaban J connectivity index is 2.06. The average molecular weight is 377 g/mol. The fourth-order valence-corrected chi connectivity index (χ4v) is 2.18. The number of carbonyl (C=O) groups is 2. The number of hydrogen-bond donors (Lipinski definition) is 4. The van der Waals surface area contributed by atoms with Gasteiger partial charge in [0.1, 0.15) is 11.7 Å². The van der Waals surface area contributed by atoms with Crippen LogP contribution in [0.1, 0.15) is 35.5 Å². The van der Waals surface area contributed by atoms with Crippen molar-refractivity contribution in [3.63, 3.8) is 0 Å². The van der Waals surface area contributed by atoms with Crippen LogP contribution in [0.5, 0.6) is 0 Å². The normalized spacial score (nSPS) is 11.1. The molecule has 0 spiro atoms. The Morgan fingerprint density at radius 2 is 1.75 bits per heavy atom. The van der Waals surface area contributed by atoms with Gasteiger partial charge in [-0.2, -0.15) is 0 Å². The largest absolute Gasteiger partial charge is 0.388 e. The first-order valence-corrected chi connectivity index (χ1v) is 8.31. The van der Waals surface area contributed by atoms with Gasteiger partial charge in [0.05, 0.1) is 5.60 Å². The molecule has 0 aliphatic rings. The zero-order valence-corrected chi connectivity index (χ0v) is 15.4. The van der Waals surface area contributed by atoms with Crippen molar-refractivity contribution in [2.45, 2.75) is 25.5 Å². The van der Waals surface area contributed by atoms with Crippen LogP contribution in [-0.2, 0) is 4.79 Å². The lowest BCUT2D eigenvalue weighted by Crippen LogP contribution is -2.57. The number of rotatable bonds is 4. The van der Waals surface area contributed by atoms with Crippen molar-refractivity contribution >= 4 is 11.8 Å². The Labute approximate surface area is 162 Å². The van der Waals surface area contributed by atoms with Crippen LogP contribution >= 0.6 is 0 Å². The van der Waals surface area contributed by atoms with E-state index in [2.05, 4.69) is 34.0 Å². The van der Waals surface area contributed by atoms with Crippen molar-refractivity contribution in [2.24, 2.45) is 0 Å². The van der Waals surface area contributed by atoms with Gasteiger partial charge in [-0.05, 0) is 68.0 Å². The van der Waals surface area contributed by atoms with Gasteiger partial charge < -0.3 is 10.4 Å². The summed E-state index contributed by atoms with van der Waals surface area (Å²) in [6, 6.07) is 10.4. The summed E-state index contributed by atoms with van der Waals surface area (Å²) in [7, 11) is 0. The summed E-state index contributed by atoms with van der Waals surface area (Å²) >= 11 is 0. The van der Waals surface area contributed by atoms with Crippen LogP contribution in [0.25, 0.3) is 0 Å². The molecule has 0 radical (unpaired) electrons. The predicted octanol–water partition coefficient (Wildman–Crippen LogP) is 0.859. The highest BCUT2D eigenvalue weighted by molar-refractivity contribution is 5.97. The Morgan fingerprint density at radius 3 is 2.32 bits per heavy atom. The molecule has 0 fully saturated rings. The Hall–Kier alpha value is -3.65. The SMILES string of the molecule is CC(C)(O)[C@H](NC(=O)c1ccc(C#CC#Cc2ccccn2)cc1)C(=O)NO. The summed E-state index contributed by atoms with van der Waals surface area (Å²) in [6.07, 6.45) is 1.65. The number of benzene rings is 1. The molecule has 0 bridgehead atoms. The Kier molecular flexibility index (Phi) is 6.89. The van der Waals surface area contributed by atoms with E-state index in [0.717, 1.165) is 0 Å². The standard InChI is InChI=1S/C21H19N3O4/c1-21(2,27)18(20(26)24-28)23-19(25)16-12-10-15(11-13-16)7-3-4-8-17-9-5-6-14-22-17/h5-6,9-14,18,27-28H,1-2H3,(H,23,25)(H,24,26)/t18-/m1/s1. The molecule has 0 saturated carbocycles. The third-order valence-electron chi connectivity index (χ3n) is 3.63. The van der Waals surface area contributed by atoms with Gasteiger partial charge in [0, 0.05) is 17.3 Å². The highest BCUT2D eigenvalue weighted by atomic mass is 16.5. The molecule has 2 aromatic rings. The van der Waals surface area contributed by atoms with Crippen LogP contribution in [-0.4, -0.2) is 38.8 Å². The van der Waals surface area contributed by atoms with Gasteiger partial charge >= 0.3 is 0 Å². The van der Waals surface area contributed by atoms with Gasteiger partial charge in [0.25, 0.3) is 11.8 Å². The van der Waals surface area contributed by atoms with E-state index in [-0.39, 0.29) is 5.56 Å². The molecule has 7 nitrogen and oxygen atoms in total. The number of hydrogen-bond acceptors (Lipinski definition) is 5. The number of amides is 2. The van der Waals surface area contributed by atoms with Crippen LogP contribution in [0.3, 0.4) is 0 Å². The fourth-order valence-electron chi connectivity index (χ4n) is 2.18. The second-order valence-corrected chi connectivity index (χ2v) is 6.33. The molecule has 0 unspecified atom stereocenters. The van der Waals surface area contributed by atoms with E-state index in [1.54, 1.807) is 30.5 Å². The average Bonchev–Trinajstić information content (AvgIpc) is 2.69. The van der Waals surface area contributed by atoms with Crippen molar-refractivity contribution < 1.29 is 19.9 Å². The number of nitrogens with one attached hydrogen (secondary N) is 2. The highest BCUT2D eigenvalue weighted by Crippen LogP contribution is 2.11. The van der Waals surface area contributed by atoms with Crippen molar-refractivity contribution in [2.75, 3.05) is 0 Å². The first-order valence-electron chi connectivity index (χ1n) is 8.31. The molecular weight excluding hydrogens is 358 g/mol. The minimum absolute atomic E-state index is 0.269. The lowest BCUT2D eigenvalue weighted by Gasteiger charge is -2.28. The quantitative estimate of drug-likeness (QED) is 0.359. The maximum absolute atomic E-state index is 12.3. The highest BCUT2D eigenvalue weighted by Gasteiger charge is 2.34. The van der Waals surface area contributed by atoms with E-state index in [1.807, 2.05) is 6.07 Å². The summed E-state index contributed by atoms with van der Waals surface area (Å²) in [5.74, 6) is 9.58. The molecule has 1 heterocycles. The third kappa shape index (κ3) is 5.96. The molecule has 1 aromatic heterocycles. The topological polar surface area (TPSA) is 112 Å². The van der Waals surface area contributed by atoms with Gasteiger partial charge in [-0.1, -0.05) is 12.0 Å². The van der Waals surface area contributed by atoms with Crippen molar-refractivity contribution in [1.82, 2.24) is 15.8 Å². The first kappa shape index (κ1) is 20.7. The van der Waals surface area contributed by atoms with Gasteiger partial charge in [-0.15, -0.1) is 0 Å². The second kappa shape index (κ2) is 9.33. The van der Waals surface area contributed by atoms with E-state index in [4.69, 9.17) is 5.21 Å². The molecule has 7 heteroatoms. The molecule has 0 aliphatic heterocycles. The number of aromatic nitrogens is 1. The summed E-state index contributed by atoms with van der Waals surface area (Å²) in [5, 5.41) is 21.2. The van der Waals surface area contributed by atoms with E-state index in [0.29, 0.717) is 11.3 Å². The molecular formula is C21H19N3O4. The zero-order valence-electron chi connectivity index (χ0n) is 15.4. The van der Waals surface area contributed by atoms with Crippen molar-refractivity contribution in [1.29, 1.82) is 0 Å². The number of aliphatic hydroxyl groups is 1. The van der Waals surface area contributed by atoms with E-state index in [1.165, 1.54) is 31.5 Å². The van der Waals surface area contributed by atoms with Gasteiger partial charge in [-0.25, -0.2) is 10.5 Å². The van der Waals surface area contributed by atoms with E-state index >= 15 is 0 Å². The molecule has 4 N–H and O–H groups in total. The number of carbonyl (C=O) groups excluding carboxylic acids is 2. The molecule has 2 amide bonds. The molecule has 142 valence electrons. The minimum Gasteiger partial charge on any atom is -0.388 e. The van der Waals surface area contributed by atoms with Crippen LogP contribution in [0.4, 0.5) is 0 Å². The first-order chi connectivity index (χ1) is 13.3. The minimum atomic E-state index is -1.57. The molecule has 1 aromatic carbocycles. The van der Waals surface area contributed by atoms with Crippen LogP contribution in [0.15, 0.2) is 48.7 Å². The van der Waals surface area contributed by atoms with Crippen LogP contribution in [0, 0.1) is 23.7 Å². The van der Waals surface area contributed by atoms with Gasteiger partial charge in [0.2, 0.25) is 0 Å². The Morgan fingerprint density at radius 1 is 1.07 bits per heavy atom. The van der Waals surface area contributed by atoms with Crippen LogP contribution < -0.4 is 10.8 Å². The van der Waals surface area contributed by atoms with Gasteiger partial charge in [-0.3, -0.25) is 14.8 Å². The lowest BCUT2D eigenvalue weighted by molar-refractivity contribution is -0.136. The number of pyridine rings is 1. The summed E-state index contributed by atoms with van der Waals surface area (Å²) in [5.41, 5.74) is 1.40. The summed E-state index contributed by atoms with van der Waals surface area (Å²) in [4.78, 5) is 28.0. The monoisotopic (exact) mass is 377 g/mol. The summed E-state index contributed by atoms with van der Waals surface area (Å²) in [6.45, 7) is 2.69. The maximum Gasteiger partial charge on any atom is 0.268 e. The van der Waals surface area contributed by atoms with Gasteiger partial charge in [0.15, 0.2) is 0 Å². The van der Waals surface area contributed by atoms with Crippen LogP contribution in [0.2, 0.25) is 0 Å². The van der Waals surface area contributed by atoms with Crippen molar-refractivity contribution in [3.8, 4) is 23.7 Å².